The number of para-hydroxylation sites is 2. The van der Waals surface area contributed by atoms with Gasteiger partial charge in [-0.15, -0.1) is 11.3 Å². The Morgan fingerprint density at radius 3 is 2.05 bits per heavy atom. The molecular weight excluding hydrogens is 695 g/mol. The molecule has 12 aromatic rings. The Morgan fingerprint density at radius 2 is 1.16 bits per heavy atom. The summed E-state index contributed by atoms with van der Waals surface area (Å²) in [6.07, 6.45) is 0. The van der Waals surface area contributed by atoms with Crippen LogP contribution in [0.3, 0.4) is 0 Å². The molecule has 55 heavy (non-hydrogen) atoms. The van der Waals surface area contributed by atoms with E-state index in [1.807, 2.05) is 53.8 Å². The molecule has 5 nitrogen and oxygen atoms in total. The van der Waals surface area contributed by atoms with Gasteiger partial charge in [0.15, 0.2) is 5.58 Å². The maximum atomic E-state index is 6.49. The van der Waals surface area contributed by atoms with Gasteiger partial charge in [0, 0.05) is 59.0 Å². The van der Waals surface area contributed by atoms with Crippen LogP contribution in [0.1, 0.15) is 0 Å². The van der Waals surface area contributed by atoms with Crippen molar-refractivity contribution in [2.24, 2.45) is 0 Å². The SMILES string of the molecule is c1ccc(-c2nc3c(ccc4oc5ccc(N(c6ccc7c8ccccc8n(-c8ccccc8)c7c6)c6cccc7sc8ccccc8c67)cc5c43)o2)cc1. The summed E-state index contributed by atoms with van der Waals surface area (Å²) in [6.45, 7) is 0. The van der Waals surface area contributed by atoms with Gasteiger partial charge >= 0.3 is 0 Å². The maximum Gasteiger partial charge on any atom is 0.227 e. The minimum atomic E-state index is 0.591. The van der Waals surface area contributed by atoms with E-state index < -0.39 is 0 Å². The molecule has 0 spiro atoms. The van der Waals surface area contributed by atoms with Crippen LogP contribution in [0.5, 0.6) is 0 Å². The van der Waals surface area contributed by atoms with E-state index in [4.69, 9.17) is 13.8 Å². The molecule has 0 saturated carbocycles. The summed E-state index contributed by atoms with van der Waals surface area (Å²) in [7, 11) is 0. The Bertz CT molecular complexity index is 3450. The topological polar surface area (TPSA) is 47.3 Å². The first-order valence-electron chi connectivity index (χ1n) is 18.4. The van der Waals surface area contributed by atoms with E-state index in [9.17, 15) is 0 Å². The first-order valence-corrected chi connectivity index (χ1v) is 19.2. The van der Waals surface area contributed by atoms with Crippen molar-refractivity contribution in [3.8, 4) is 17.1 Å². The molecule has 0 atom stereocenters. The molecule has 0 fully saturated rings. The highest BCUT2D eigenvalue weighted by Crippen LogP contribution is 2.47. The molecule has 4 heterocycles. The highest BCUT2D eigenvalue weighted by Gasteiger charge is 2.23. The molecular formula is C49H29N3O2S. The van der Waals surface area contributed by atoms with Crippen molar-refractivity contribution in [3.05, 3.63) is 176 Å². The number of aromatic nitrogens is 2. The van der Waals surface area contributed by atoms with Gasteiger partial charge < -0.3 is 18.3 Å². The number of nitrogens with zero attached hydrogens (tertiary/aromatic N) is 3. The molecule has 0 amide bonds. The van der Waals surface area contributed by atoms with Gasteiger partial charge in [0.25, 0.3) is 0 Å². The maximum absolute atomic E-state index is 6.49. The van der Waals surface area contributed by atoms with Crippen LogP contribution >= 0.6 is 11.3 Å². The Hall–Kier alpha value is -7.15. The largest absolute Gasteiger partial charge is 0.456 e. The molecule has 0 aliphatic rings. The van der Waals surface area contributed by atoms with Gasteiger partial charge in [-0.1, -0.05) is 84.9 Å². The average molecular weight is 724 g/mol. The van der Waals surface area contributed by atoms with E-state index in [0.29, 0.717) is 5.89 Å². The molecule has 258 valence electrons. The van der Waals surface area contributed by atoms with Crippen LogP contribution in [-0.4, -0.2) is 9.55 Å². The first kappa shape index (κ1) is 30.3. The lowest BCUT2D eigenvalue weighted by molar-refractivity contribution is 0.619. The molecule has 0 bridgehead atoms. The van der Waals surface area contributed by atoms with E-state index >= 15 is 0 Å². The molecule has 4 aromatic heterocycles. The Balaban J connectivity index is 1.15. The smallest absolute Gasteiger partial charge is 0.227 e. The number of anilines is 3. The zero-order valence-corrected chi connectivity index (χ0v) is 30.1. The number of fused-ring (bicyclic) bond motifs is 11. The van der Waals surface area contributed by atoms with E-state index in [-0.39, 0.29) is 0 Å². The van der Waals surface area contributed by atoms with E-state index in [2.05, 4.69) is 143 Å². The molecule has 0 aliphatic heterocycles. The number of oxazole rings is 1. The van der Waals surface area contributed by atoms with Crippen molar-refractivity contribution >= 4 is 103 Å². The molecule has 0 unspecified atom stereocenters. The van der Waals surface area contributed by atoms with Gasteiger partial charge in [-0.2, -0.15) is 0 Å². The van der Waals surface area contributed by atoms with Crippen LogP contribution in [0.15, 0.2) is 185 Å². The predicted molar refractivity (Wildman–Crippen MR) is 229 cm³/mol. The summed E-state index contributed by atoms with van der Waals surface area (Å²) >= 11 is 1.83. The Labute approximate surface area is 318 Å². The van der Waals surface area contributed by atoms with Gasteiger partial charge in [-0.3, -0.25) is 0 Å². The monoisotopic (exact) mass is 723 g/mol. The van der Waals surface area contributed by atoms with Crippen LogP contribution in [-0.2, 0) is 0 Å². The third-order valence-electron chi connectivity index (χ3n) is 10.8. The standard InChI is InChI=1S/C49H29N3O2S/c1-3-12-30(13-4-1)49-50-48-43(54-49)27-26-42-47(48)37-28-32(23-25-41(37)53-42)51(39-19-11-21-45-46(39)36-17-8-10-20-44(36)55-45)33-22-24-35-34-16-7-9-18-38(34)52(40(35)29-33)31-14-5-2-6-15-31/h1-29H. The normalized spacial score (nSPS) is 12.0. The number of hydrogen-bond donors (Lipinski definition) is 0. The van der Waals surface area contributed by atoms with Crippen LogP contribution < -0.4 is 4.90 Å². The van der Waals surface area contributed by atoms with Gasteiger partial charge in [0.05, 0.1) is 22.1 Å². The lowest BCUT2D eigenvalue weighted by Gasteiger charge is -2.27. The van der Waals surface area contributed by atoms with E-state index in [1.54, 1.807) is 0 Å². The predicted octanol–water partition coefficient (Wildman–Crippen LogP) is 14.3. The van der Waals surface area contributed by atoms with Crippen molar-refractivity contribution in [3.63, 3.8) is 0 Å². The summed E-state index contributed by atoms with van der Waals surface area (Å²) < 4.78 is 17.7. The van der Waals surface area contributed by atoms with E-state index in [1.165, 1.54) is 36.5 Å². The van der Waals surface area contributed by atoms with E-state index in [0.717, 1.165) is 66.9 Å². The first-order chi connectivity index (χ1) is 27.3. The van der Waals surface area contributed by atoms with Crippen molar-refractivity contribution in [1.29, 1.82) is 0 Å². The second kappa shape index (κ2) is 11.7. The average Bonchev–Trinajstić information content (AvgIpc) is 4.02. The third kappa shape index (κ3) is 4.55. The second-order valence-corrected chi connectivity index (χ2v) is 15.0. The fraction of sp³-hybridized carbons (Fsp3) is 0. The van der Waals surface area contributed by atoms with Crippen molar-refractivity contribution in [2.45, 2.75) is 0 Å². The van der Waals surface area contributed by atoms with Gasteiger partial charge in [0.1, 0.15) is 16.7 Å². The molecule has 6 heteroatoms. The van der Waals surface area contributed by atoms with Gasteiger partial charge in [0.2, 0.25) is 5.89 Å². The highest BCUT2D eigenvalue weighted by atomic mass is 32.1. The van der Waals surface area contributed by atoms with Crippen LogP contribution in [0.25, 0.3) is 92.2 Å². The fourth-order valence-electron chi connectivity index (χ4n) is 8.41. The second-order valence-electron chi connectivity index (χ2n) is 13.9. The highest BCUT2D eigenvalue weighted by molar-refractivity contribution is 7.26. The van der Waals surface area contributed by atoms with Crippen molar-refractivity contribution in [1.82, 2.24) is 9.55 Å². The number of benzene rings is 8. The molecule has 0 aliphatic carbocycles. The third-order valence-corrected chi connectivity index (χ3v) is 11.9. The zero-order valence-electron chi connectivity index (χ0n) is 29.3. The zero-order chi connectivity index (χ0) is 36.0. The molecule has 0 saturated heterocycles. The Morgan fingerprint density at radius 1 is 0.473 bits per heavy atom. The summed E-state index contributed by atoms with van der Waals surface area (Å²) in [5.74, 6) is 0.591. The van der Waals surface area contributed by atoms with Crippen molar-refractivity contribution in [2.75, 3.05) is 4.90 Å². The van der Waals surface area contributed by atoms with Crippen molar-refractivity contribution < 1.29 is 8.83 Å². The number of hydrogen-bond acceptors (Lipinski definition) is 5. The van der Waals surface area contributed by atoms with Crippen LogP contribution in [0.4, 0.5) is 17.1 Å². The summed E-state index contributed by atoms with van der Waals surface area (Å²) in [6, 6.07) is 62.1. The summed E-state index contributed by atoms with van der Waals surface area (Å²) in [5.41, 5.74) is 10.7. The minimum absolute atomic E-state index is 0.591. The van der Waals surface area contributed by atoms with Gasteiger partial charge in [-0.05, 0) is 91.0 Å². The van der Waals surface area contributed by atoms with Crippen LogP contribution in [0.2, 0.25) is 0 Å². The quantitative estimate of drug-likeness (QED) is 0.177. The number of furan rings is 1. The number of rotatable bonds is 5. The lowest BCUT2D eigenvalue weighted by atomic mass is 10.1. The molecule has 12 rings (SSSR count). The summed E-state index contributed by atoms with van der Waals surface area (Å²) in [5, 5.41) is 6.84. The number of thiophene rings is 1. The molecule has 0 radical (unpaired) electrons. The minimum Gasteiger partial charge on any atom is -0.456 e. The molecule has 8 aromatic carbocycles. The Kier molecular flexibility index (Phi) is 6.44. The summed E-state index contributed by atoms with van der Waals surface area (Å²) in [4.78, 5) is 7.45. The fourth-order valence-corrected chi connectivity index (χ4v) is 9.53. The van der Waals surface area contributed by atoms with Gasteiger partial charge in [-0.25, -0.2) is 4.98 Å². The van der Waals surface area contributed by atoms with Crippen LogP contribution in [0, 0.1) is 0 Å². The lowest BCUT2D eigenvalue weighted by Crippen LogP contribution is -2.10. The molecule has 0 N–H and O–H groups in total.